The Labute approximate surface area is 168 Å². The molecular formula is C24H21N3S. The van der Waals surface area contributed by atoms with Crippen molar-refractivity contribution in [3.63, 3.8) is 0 Å². The predicted molar refractivity (Wildman–Crippen MR) is 116 cm³/mol. The quantitative estimate of drug-likeness (QED) is 0.479. The van der Waals surface area contributed by atoms with Crippen molar-refractivity contribution in [2.24, 2.45) is 5.73 Å². The molecule has 1 aliphatic carbocycles. The van der Waals surface area contributed by atoms with Crippen molar-refractivity contribution in [1.82, 2.24) is 9.97 Å². The number of hydrogen-bond donors (Lipinski definition) is 1. The number of benzene rings is 2. The van der Waals surface area contributed by atoms with Gasteiger partial charge in [-0.3, -0.25) is 4.98 Å². The second kappa shape index (κ2) is 6.97. The summed E-state index contributed by atoms with van der Waals surface area (Å²) in [4.78, 5) is 10.6. The largest absolute Gasteiger partial charge is 0.321 e. The molecule has 2 aromatic heterocycles. The number of aromatic nitrogens is 2. The van der Waals surface area contributed by atoms with E-state index < -0.39 is 0 Å². The molecule has 4 heteroatoms. The van der Waals surface area contributed by atoms with Crippen molar-refractivity contribution >= 4 is 11.3 Å². The van der Waals surface area contributed by atoms with Gasteiger partial charge in [-0.05, 0) is 42.5 Å². The van der Waals surface area contributed by atoms with E-state index in [1.807, 2.05) is 30.5 Å². The Balaban J connectivity index is 1.60. The average Bonchev–Trinajstić information content (AvgIpc) is 3.19. The summed E-state index contributed by atoms with van der Waals surface area (Å²) in [5.41, 5.74) is 11.8. The van der Waals surface area contributed by atoms with Gasteiger partial charge in [0.1, 0.15) is 5.01 Å². The lowest BCUT2D eigenvalue weighted by atomic mass is 9.72. The van der Waals surface area contributed by atoms with Crippen LogP contribution in [-0.4, -0.2) is 9.97 Å². The third-order valence-electron chi connectivity index (χ3n) is 5.53. The fraction of sp³-hybridized carbons (Fsp3) is 0.167. The second-order valence-electron chi connectivity index (χ2n) is 7.36. The SMILES string of the molecule is NC1(c2ccc(-c3nc(-c4ccccn4)sc3-c3ccccc3)cc2)CCC1. The van der Waals surface area contributed by atoms with E-state index in [9.17, 15) is 0 Å². The number of pyridine rings is 1. The van der Waals surface area contributed by atoms with Crippen LogP contribution in [0.2, 0.25) is 0 Å². The number of hydrogen-bond acceptors (Lipinski definition) is 4. The van der Waals surface area contributed by atoms with E-state index in [4.69, 9.17) is 10.7 Å². The Morgan fingerprint density at radius 1 is 0.821 bits per heavy atom. The van der Waals surface area contributed by atoms with Crippen LogP contribution in [0.15, 0.2) is 79.0 Å². The van der Waals surface area contributed by atoms with Gasteiger partial charge in [-0.1, -0.05) is 60.7 Å². The van der Waals surface area contributed by atoms with E-state index in [1.165, 1.54) is 22.4 Å². The van der Waals surface area contributed by atoms with Crippen LogP contribution in [0.3, 0.4) is 0 Å². The molecule has 1 saturated carbocycles. The van der Waals surface area contributed by atoms with Crippen LogP contribution in [0.25, 0.3) is 32.4 Å². The van der Waals surface area contributed by atoms with Crippen LogP contribution in [0.4, 0.5) is 0 Å². The zero-order valence-corrected chi connectivity index (χ0v) is 16.3. The zero-order chi connectivity index (χ0) is 19.0. The maximum atomic E-state index is 6.49. The summed E-state index contributed by atoms with van der Waals surface area (Å²) in [6.45, 7) is 0. The van der Waals surface area contributed by atoms with Crippen LogP contribution in [0.1, 0.15) is 24.8 Å². The fourth-order valence-corrected chi connectivity index (χ4v) is 4.78. The lowest BCUT2D eigenvalue weighted by Gasteiger charge is -2.38. The Kier molecular flexibility index (Phi) is 4.30. The number of nitrogens with two attached hydrogens (primary N) is 1. The molecule has 0 atom stereocenters. The first kappa shape index (κ1) is 17.3. The van der Waals surface area contributed by atoms with Gasteiger partial charge >= 0.3 is 0 Å². The normalized spacial score (nSPS) is 15.2. The smallest absolute Gasteiger partial charge is 0.143 e. The highest BCUT2D eigenvalue weighted by atomic mass is 32.1. The number of thiazole rings is 1. The van der Waals surface area contributed by atoms with Crippen molar-refractivity contribution in [1.29, 1.82) is 0 Å². The van der Waals surface area contributed by atoms with Gasteiger partial charge in [-0.25, -0.2) is 4.98 Å². The van der Waals surface area contributed by atoms with Gasteiger partial charge in [-0.15, -0.1) is 11.3 Å². The summed E-state index contributed by atoms with van der Waals surface area (Å²) in [7, 11) is 0. The molecule has 0 saturated heterocycles. The summed E-state index contributed by atoms with van der Waals surface area (Å²) in [6.07, 6.45) is 5.17. The molecule has 1 aliphatic rings. The van der Waals surface area contributed by atoms with Crippen molar-refractivity contribution in [3.05, 3.63) is 84.6 Å². The lowest BCUT2D eigenvalue weighted by molar-refractivity contribution is 0.253. The van der Waals surface area contributed by atoms with Crippen LogP contribution in [0, 0.1) is 0 Å². The molecule has 0 aliphatic heterocycles. The van der Waals surface area contributed by atoms with Crippen LogP contribution < -0.4 is 5.73 Å². The van der Waals surface area contributed by atoms with Gasteiger partial charge in [-0.2, -0.15) is 0 Å². The number of nitrogens with zero attached hydrogens (tertiary/aromatic N) is 2. The van der Waals surface area contributed by atoms with E-state index in [0.717, 1.165) is 34.8 Å². The Bertz CT molecular complexity index is 1080. The molecule has 0 amide bonds. The molecule has 4 aromatic rings. The van der Waals surface area contributed by atoms with Crippen LogP contribution in [0.5, 0.6) is 0 Å². The van der Waals surface area contributed by atoms with Gasteiger partial charge in [0.05, 0.1) is 16.3 Å². The molecule has 0 radical (unpaired) electrons. The molecule has 5 rings (SSSR count). The predicted octanol–water partition coefficient (Wildman–Crippen LogP) is 5.88. The summed E-state index contributed by atoms with van der Waals surface area (Å²) < 4.78 is 0. The van der Waals surface area contributed by atoms with E-state index in [2.05, 4.69) is 53.5 Å². The fourth-order valence-electron chi connectivity index (χ4n) is 3.71. The molecule has 0 spiro atoms. The lowest BCUT2D eigenvalue weighted by Crippen LogP contribution is -2.43. The minimum atomic E-state index is -0.137. The topological polar surface area (TPSA) is 51.8 Å². The molecule has 2 aromatic carbocycles. The highest BCUT2D eigenvalue weighted by molar-refractivity contribution is 7.18. The molecule has 3 nitrogen and oxygen atoms in total. The highest BCUT2D eigenvalue weighted by Crippen LogP contribution is 2.42. The van der Waals surface area contributed by atoms with Crippen LogP contribution >= 0.6 is 11.3 Å². The first-order valence-electron chi connectivity index (χ1n) is 9.60. The Morgan fingerprint density at radius 2 is 1.57 bits per heavy atom. The first-order chi connectivity index (χ1) is 13.7. The monoisotopic (exact) mass is 383 g/mol. The zero-order valence-electron chi connectivity index (χ0n) is 15.5. The summed E-state index contributed by atoms with van der Waals surface area (Å²) in [5.74, 6) is 0. The van der Waals surface area contributed by atoms with Gasteiger partial charge < -0.3 is 5.73 Å². The van der Waals surface area contributed by atoms with E-state index in [1.54, 1.807) is 11.3 Å². The second-order valence-corrected chi connectivity index (χ2v) is 8.36. The number of rotatable bonds is 4. The van der Waals surface area contributed by atoms with E-state index >= 15 is 0 Å². The Morgan fingerprint density at radius 3 is 2.21 bits per heavy atom. The third kappa shape index (κ3) is 3.05. The maximum absolute atomic E-state index is 6.49. The van der Waals surface area contributed by atoms with E-state index in [0.29, 0.717) is 0 Å². The molecule has 1 fully saturated rings. The van der Waals surface area contributed by atoms with Crippen molar-refractivity contribution < 1.29 is 0 Å². The minimum Gasteiger partial charge on any atom is -0.321 e. The van der Waals surface area contributed by atoms with Crippen LogP contribution in [-0.2, 0) is 5.54 Å². The molecule has 2 heterocycles. The van der Waals surface area contributed by atoms with Crippen molar-refractivity contribution in [2.45, 2.75) is 24.8 Å². The Hall–Kier alpha value is -2.82. The summed E-state index contributed by atoms with van der Waals surface area (Å²) >= 11 is 1.69. The summed E-state index contributed by atoms with van der Waals surface area (Å²) in [5, 5.41) is 0.938. The van der Waals surface area contributed by atoms with Gasteiger partial charge in [0.15, 0.2) is 0 Å². The molecule has 2 N–H and O–H groups in total. The first-order valence-corrected chi connectivity index (χ1v) is 10.4. The van der Waals surface area contributed by atoms with Gasteiger partial charge in [0.25, 0.3) is 0 Å². The minimum absolute atomic E-state index is 0.137. The molecule has 138 valence electrons. The third-order valence-corrected chi connectivity index (χ3v) is 6.65. The standard InChI is InChI=1S/C24H21N3S/c25-24(14-6-15-24)19-12-10-17(11-13-19)21-22(18-7-2-1-3-8-18)28-23(27-21)20-9-4-5-16-26-20/h1-5,7-13,16H,6,14-15,25H2. The molecule has 0 bridgehead atoms. The molecular weight excluding hydrogens is 362 g/mol. The van der Waals surface area contributed by atoms with Crippen molar-refractivity contribution in [2.75, 3.05) is 0 Å². The molecule has 28 heavy (non-hydrogen) atoms. The summed E-state index contributed by atoms with van der Waals surface area (Å²) in [6, 6.07) is 25.0. The van der Waals surface area contributed by atoms with Gasteiger partial charge in [0, 0.05) is 17.3 Å². The average molecular weight is 384 g/mol. The van der Waals surface area contributed by atoms with E-state index in [-0.39, 0.29) is 5.54 Å². The maximum Gasteiger partial charge on any atom is 0.143 e. The van der Waals surface area contributed by atoms with Crippen molar-refractivity contribution in [3.8, 4) is 32.4 Å². The highest BCUT2D eigenvalue weighted by Gasteiger charge is 2.34. The molecule has 0 unspecified atom stereocenters. The van der Waals surface area contributed by atoms with Gasteiger partial charge in [0.2, 0.25) is 0 Å².